The van der Waals surface area contributed by atoms with E-state index < -0.39 is 10.2 Å². The van der Waals surface area contributed by atoms with Crippen molar-refractivity contribution in [3.8, 4) is 0 Å². The highest BCUT2D eigenvalue weighted by atomic mass is 32.2. The second kappa shape index (κ2) is 3.89. The summed E-state index contributed by atoms with van der Waals surface area (Å²) in [6.07, 6.45) is 0.527. The smallest absolute Gasteiger partial charge is 0.274 e. The van der Waals surface area contributed by atoms with Crippen molar-refractivity contribution in [3.63, 3.8) is 0 Å². The molecule has 0 heterocycles. The molecule has 3 unspecified atom stereocenters. The Labute approximate surface area is 77.8 Å². The van der Waals surface area contributed by atoms with Crippen LogP contribution in [0.5, 0.6) is 0 Å². The number of nitrogens with two attached hydrogens (primary N) is 2. The first kappa shape index (κ1) is 10.9. The minimum absolute atomic E-state index is 0.140. The van der Waals surface area contributed by atoms with E-state index in [-0.39, 0.29) is 18.2 Å². The van der Waals surface area contributed by atoms with Gasteiger partial charge in [0.25, 0.3) is 10.2 Å². The Hall–Kier alpha value is -0.210. The number of rotatable bonds is 4. The molecule has 0 aromatic carbocycles. The molecule has 1 fully saturated rings. The van der Waals surface area contributed by atoms with Crippen LogP contribution in [0.15, 0.2) is 0 Å². The molecule has 3 atom stereocenters. The Morgan fingerprint density at radius 3 is 2.62 bits per heavy atom. The van der Waals surface area contributed by atoms with Crippen LogP contribution in [0.25, 0.3) is 0 Å². The van der Waals surface area contributed by atoms with E-state index in [1.165, 1.54) is 0 Å². The normalized spacial score (nSPS) is 34.2. The molecule has 5 N–H and O–H groups in total. The first-order valence-electron chi connectivity index (χ1n) is 4.11. The first-order chi connectivity index (χ1) is 5.94. The molecule has 1 aliphatic rings. The molecule has 7 heteroatoms. The summed E-state index contributed by atoms with van der Waals surface area (Å²) >= 11 is 0. The number of ether oxygens (including phenoxy) is 1. The van der Waals surface area contributed by atoms with Crippen LogP contribution in [0.3, 0.4) is 0 Å². The Balaban J connectivity index is 2.48. The molecular formula is C6H15N3O3S. The van der Waals surface area contributed by atoms with Crippen LogP contribution in [-0.4, -0.2) is 33.2 Å². The molecule has 0 aliphatic heterocycles. The van der Waals surface area contributed by atoms with Crippen molar-refractivity contribution in [2.24, 2.45) is 10.9 Å². The molecule has 0 radical (unpaired) electrons. The van der Waals surface area contributed by atoms with Crippen LogP contribution >= 0.6 is 0 Å². The third-order valence-electron chi connectivity index (χ3n) is 2.05. The molecule has 0 aromatic heterocycles. The second-order valence-electron chi connectivity index (χ2n) is 3.08. The summed E-state index contributed by atoms with van der Waals surface area (Å²) in [6.45, 7) is 2.39. The van der Waals surface area contributed by atoms with Crippen molar-refractivity contribution in [1.29, 1.82) is 0 Å². The number of hydrogen-bond donors (Lipinski definition) is 3. The molecule has 0 bridgehead atoms. The highest BCUT2D eigenvalue weighted by molar-refractivity contribution is 7.87. The summed E-state index contributed by atoms with van der Waals surface area (Å²) in [7, 11) is -3.68. The van der Waals surface area contributed by atoms with Gasteiger partial charge in [-0.05, 0) is 13.3 Å². The van der Waals surface area contributed by atoms with Gasteiger partial charge in [-0.2, -0.15) is 13.1 Å². The molecule has 78 valence electrons. The molecule has 0 spiro atoms. The van der Waals surface area contributed by atoms with Crippen molar-refractivity contribution < 1.29 is 13.2 Å². The van der Waals surface area contributed by atoms with Gasteiger partial charge >= 0.3 is 0 Å². The van der Waals surface area contributed by atoms with E-state index in [0.717, 1.165) is 0 Å². The van der Waals surface area contributed by atoms with Gasteiger partial charge in [-0.3, -0.25) is 0 Å². The highest BCUT2D eigenvalue weighted by Gasteiger charge is 2.41. The third kappa shape index (κ3) is 2.89. The zero-order chi connectivity index (χ0) is 10.1. The lowest BCUT2D eigenvalue weighted by molar-refractivity contribution is -0.0248. The monoisotopic (exact) mass is 209 g/mol. The topological polar surface area (TPSA) is 107 Å². The van der Waals surface area contributed by atoms with Crippen LogP contribution in [0, 0.1) is 0 Å². The van der Waals surface area contributed by atoms with Gasteiger partial charge in [-0.15, -0.1) is 0 Å². The van der Waals surface area contributed by atoms with Gasteiger partial charge in [-0.1, -0.05) is 0 Å². The molecule has 1 saturated carbocycles. The number of hydrogen-bond acceptors (Lipinski definition) is 4. The van der Waals surface area contributed by atoms with Crippen molar-refractivity contribution in [2.75, 3.05) is 6.61 Å². The summed E-state index contributed by atoms with van der Waals surface area (Å²) in [5, 5.41) is 4.82. The Kier molecular flexibility index (Phi) is 3.25. The van der Waals surface area contributed by atoms with E-state index in [1.54, 1.807) is 0 Å². The van der Waals surface area contributed by atoms with Crippen LogP contribution in [0.4, 0.5) is 0 Å². The Morgan fingerprint density at radius 2 is 2.23 bits per heavy atom. The molecule has 13 heavy (non-hydrogen) atoms. The summed E-state index contributed by atoms with van der Waals surface area (Å²) in [5.41, 5.74) is 5.59. The minimum Gasteiger partial charge on any atom is -0.377 e. The van der Waals surface area contributed by atoms with Gasteiger partial charge < -0.3 is 10.5 Å². The largest absolute Gasteiger partial charge is 0.377 e. The maximum Gasteiger partial charge on any atom is 0.274 e. The van der Waals surface area contributed by atoms with Gasteiger partial charge in [0.2, 0.25) is 0 Å². The van der Waals surface area contributed by atoms with Crippen molar-refractivity contribution >= 4 is 10.2 Å². The lowest BCUT2D eigenvalue weighted by Gasteiger charge is -2.41. The maximum atomic E-state index is 10.7. The second-order valence-corrected chi connectivity index (χ2v) is 4.41. The van der Waals surface area contributed by atoms with Crippen LogP contribution in [0.1, 0.15) is 13.3 Å². The summed E-state index contributed by atoms with van der Waals surface area (Å²) in [6, 6.07) is -0.579. The fraction of sp³-hybridized carbons (Fsp3) is 1.00. The van der Waals surface area contributed by atoms with Crippen LogP contribution < -0.4 is 15.6 Å². The van der Waals surface area contributed by atoms with Crippen LogP contribution in [0.2, 0.25) is 0 Å². The number of nitrogens with one attached hydrogen (secondary N) is 1. The van der Waals surface area contributed by atoms with Crippen molar-refractivity contribution in [2.45, 2.75) is 31.5 Å². The van der Waals surface area contributed by atoms with Gasteiger partial charge in [0.15, 0.2) is 0 Å². The van der Waals surface area contributed by atoms with Gasteiger partial charge in [0.1, 0.15) is 0 Å². The lowest BCUT2D eigenvalue weighted by Crippen LogP contribution is -2.65. The quantitative estimate of drug-likeness (QED) is 0.512. The Morgan fingerprint density at radius 1 is 1.62 bits per heavy atom. The van der Waals surface area contributed by atoms with E-state index in [4.69, 9.17) is 15.6 Å². The zero-order valence-electron chi connectivity index (χ0n) is 7.43. The van der Waals surface area contributed by atoms with E-state index in [9.17, 15) is 8.42 Å². The van der Waals surface area contributed by atoms with Gasteiger partial charge in [0, 0.05) is 12.6 Å². The van der Waals surface area contributed by atoms with Crippen LogP contribution in [-0.2, 0) is 14.9 Å². The summed E-state index contributed by atoms with van der Waals surface area (Å²) in [5.74, 6) is 0. The molecular weight excluding hydrogens is 194 g/mol. The predicted molar refractivity (Wildman–Crippen MR) is 48.0 cm³/mol. The first-order valence-corrected chi connectivity index (χ1v) is 5.66. The molecule has 1 rings (SSSR count). The SMILES string of the molecule is CCOC1CC(N)C1NS(N)(=O)=O. The zero-order valence-corrected chi connectivity index (χ0v) is 8.25. The maximum absolute atomic E-state index is 10.7. The third-order valence-corrected chi connectivity index (χ3v) is 2.65. The van der Waals surface area contributed by atoms with Crippen molar-refractivity contribution in [3.05, 3.63) is 0 Å². The van der Waals surface area contributed by atoms with E-state index in [2.05, 4.69) is 4.72 Å². The average molecular weight is 209 g/mol. The highest BCUT2D eigenvalue weighted by Crippen LogP contribution is 2.22. The van der Waals surface area contributed by atoms with E-state index >= 15 is 0 Å². The lowest BCUT2D eigenvalue weighted by atomic mass is 9.84. The molecule has 0 amide bonds. The standard InChI is InChI=1S/C6H15N3O3S/c1-2-12-5-3-4(7)6(5)9-13(8,10)11/h4-6,9H,2-3,7H2,1H3,(H2,8,10,11). The summed E-state index contributed by atoms with van der Waals surface area (Å²) in [4.78, 5) is 0. The van der Waals surface area contributed by atoms with E-state index in [1.807, 2.05) is 6.92 Å². The fourth-order valence-corrected chi connectivity index (χ4v) is 2.09. The van der Waals surface area contributed by atoms with E-state index in [0.29, 0.717) is 13.0 Å². The predicted octanol–water partition coefficient (Wildman–Crippen LogP) is -1.72. The fourth-order valence-electron chi connectivity index (χ4n) is 1.38. The summed E-state index contributed by atoms with van der Waals surface area (Å²) < 4.78 is 28.9. The molecule has 1 aliphatic carbocycles. The molecule has 0 aromatic rings. The molecule has 6 nitrogen and oxygen atoms in total. The Bertz CT molecular complexity index is 264. The minimum atomic E-state index is -3.68. The van der Waals surface area contributed by atoms with Gasteiger partial charge in [0.05, 0.1) is 12.1 Å². The molecule has 0 saturated heterocycles. The van der Waals surface area contributed by atoms with Gasteiger partial charge in [-0.25, -0.2) is 5.14 Å². The average Bonchev–Trinajstić information content (AvgIpc) is 1.99. The van der Waals surface area contributed by atoms with Crippen molar-refractivity contribution in [1.82, 2.24) is 4.72 Å².